The van der Waals surface area contributed by atoms with E-state index in [1.807, 2.05) is 42.5 Å². The highest BCUT2D eigenvalue weighted by Crippen LogP contribution is 2.41. The van der Waals surface area contributed by atoms with Gasteiger partial charge in [0.15, 0.2) is 0 Å². The molecule has 5 rings (SSSR count). The highest BCUT2D eigenvalue weighted by Gasteiger charge is 2.36. The van der Waals surface area contributed by atoms with Gasteiger partial charge >= 0.3 is 6.18 Å². The van der Waals surface area contributed by atoms with Crippen molar-refractivity contribution >= 4 is 28.2 Å². The minimum Gasteiger partial charge on any atom is -0.369 e. The summed E-state index contributed by atoms with van der Waals surface area (Å²) in [5, 5.41) is 9.94. The molecule has 0 amide bonds. The van der Waals surface area contributed by atoms with Crippen molar-refractivity contribution in [2.24, 2.45) is 0 Å². The zero-order valence-electron chi connectivity index (χ0n) is 15.1. The molecule has 0 fully saturated rings. The molecule has 4 aromatic rings. The molecule has 0 aliphatic carbocycles. The number of fused-ring (bicyclic) bond motifs is 2. The van der Waals surface area contributed by atoms with E-state index in [4.69, 9.17) is 11.6 Å². The summed E-state index contributed by atoms with van der Waals surface area (Å²) in [5.74, 6) is 0.598. The Morgan fingerprint density at radius 1 is 1.00 bits per heavy atom. The standard InChI is InChI=1S/C22H15ClF3N3/c23-14-8-9-19(18(12-14)22(24,25)26)29-21-17(10-11-27-21)20(28-29)16-7-3-5-13-4-1-2-6-15(13)16/h1-9,12,27H,10-11H2. The number of alkyl halides is 3. The maximum atomic E-state index is 13.7. The molecule has 0 atom stereocenters. The number of hydrogen-bond donors (Lipinski definition) is 1. The van der Waals surface area contributed by atoms with Gasteiger partial charge in [0.2, 0.25) is 0 Å². The third-order valence-electron chi connectivity index (χ3n) is 5.19. The lowest BCUT2D eigenvalue weighted by atomic mass is 9.99. The van der Waals surface area contributed by atoms with Crippen LogP contribution in [-0.2, 0) is 12.6 Å². The molecule has 29 heavy (non-hydrogen) atoms. The molecular weight excluding hydrogens is 399 g/mol. The van der Waals surface area contributed by atoms with Crippen LogP contribution in [0.2, 0.25) is 5.02 Å². The predicted molar refractivity (Wildman–Crippen MR) is 109 cm³/mol. The minimum atomic E-state index is -4.54. The molecule has 1 aromatic heterocycles. The van der Waals surface area contributed by atoms with Crippen LogP contribution in [-0.4, -0.2) is 16.3 Å². The second-order valence-corrected chi connectivity index (χ2v) is 7.39. The molecule has 0 bridgehead atoms. The zero-order valence-corrected chi connectivity index (χ0v) is 15.8. The Morgan fingerprint density at radius 2 is 1.79 bits per heavy atom. The molecule has 3 aromatic carbocycles. The number of anilines is 1. The lowest BCUT2D eigenvalue weighted by molar-refractivity contribution is -0.137. The van der Waals surface area contributed by atoms with Crippen molar-refractivity contribution < 1.29 is 13.2 Å². The topological polar surface area (TPSA) is 29.9 Å². The number of halogens is 4. The summed E-state index contributed by atoms with van der Waals surface area (Å²) in [4.78, 5) is 0. The predicted octanol–water partition coefficient (Wildman–Crippen LogP) is 6.33. The molecule has 1 aliphatic rings. The van der Waals surface area contributed by atoms with Gasteiger partial charge in [0.25, 0.3) is 0 Å². The SMILES string of the molecule is FC(F)(F)c1cc(Cl)ccc1-n1nc(-c2cccc3ccccc23)c2c1NCC2. The molecule has 7 heteroatoms. The van der Waals surface area contributed by atoms with Gasteiger partial charge in [-0.2, -0.15) is 18.3 Å². The fourth-order valence-electron chi connectivity index (χ4n) is 3.92. The number of aromatic nitrogens is 2. The Morgan fingerprint density at radius 3 is 2.62 bits per heavy atom. The molecule has 0 spiro atoms. The maximum absolute atomic E-state index is 13.7. The van der Waals surface area contributed by atoms with Gasteiger partial charge in [0.1, 0.15) is 5.82 Å². The Bertz CT molecular complexity index is 1240. The van der Waals surface area contributed by atoms with E-state index < -0.39 is 11.7 Å². The van der Waals surface area contributed by atoms with Gasteiger partial charge < -0.3 is 5.32 Å². The van der Waals surface area contributed by atoms with Crippen molar-refractivity contribution in [2.45, 2.75) is 12.6 Å². The molecule has 2 heterocycles. The van der Waals surface area contributed by atoms with E-state index in [0.717, 1.165) is 28.0 Å². The minimum absolute atomic E-state index is 0.0344. The Hall–Kier alpha value is -2.99. The molecule has 0 radical (unpaired) electrons. The molecule has 1 aliphatic heterocycles. The van der Waals surface area contributed by atoms with Crippen LogP contribution in [0.25, 0.3) is 27.7 Å². The third-order valence-corrected chi connectivity index (χ3v) is 5.42. The fourth-order valence-corrected chi connectivity index (χ4v) is 4.09. The quantitative estimate of drug-likeness (QED) is 0.416. The monoisotopic (exact) mass is 413 g/mol. The molecule has 0 saturated carbocycles. The highest BCUT2D eigenvalue weighted by atomic mass is 35.5. The van der Waals surface area contributed by atoms with Crippen molar-refractivity contribution in [2.75, 3.05) is 11.9 Å². The van der Waals surface area contributed by atoms with Crippen LogP contribution >= 0.6 is 11.6 Å². The van der Waals surface area contributed by atoms with Crippen LogP contribution in [0.1, 0.15) is 11.1 Å². The van der Waals surface area contributed by atoms with E-state index in [2.05, 4.69) is 10.4 Å². The third kappa shape index (κ3) is 2.95. The van der Waals surface area contributed by atoms with E-state index in [0.29, 0.717) is 24.5 Å². The normalized spacial score (nSPS) is 13.5. The average Bonchev–Trinajstić information content (AvgIpc) is 3.30. The molecule has 1 N–H and O–H groups in total. The van der Waals surface area contributed by atoms with Crippen molar-refractivity contribution in [3.05, 3.63) is 76.8 Å². The van der Waals surface area contributed by atoms with Crippen LogP contribution in [0, 0.1) is 0 Å². The Balaban J connectivity index is 1.77. The molecule has 0 saturated heterocycles. The second kappa shape index (κ2) is 6.52. The maximum Gasteiger partial charge on any atom is 0.418 e. The lowest BCUT2D eigenvalue weighted by Gasteiger charge is -2.15. The average molecular weight is 414 g/mol. The van der Waals surface area contributed by atoms with Crippen molar-refractivity contribution in [3.63, 3.8) is 0 Å². The zero-order chi connectivity index (χ0) is 20.2. The Labute approximate surface area is 169 Å². The summed E-state index contributed by atoms with van der Waals surface area (Å²) in [6.45, 7) is 0.653. The van der Waals surface area contributed by atoms with E-state index in [-0.39, 0.29) is 10.7 Å². The summed E-state index contributed by atoms with van der Waals surface area (Å²) >= 11 is 5.85. The first-order valence-corrected chi connectivity index (χ1v) is 9.52. The van der Waals surface area contributed by atoms with Gasteiger partial charge in [0, 0.05) is 22.7 Å². The second-order valence-electron chi connectivity index (χ2n) is 6.95. The number of rotatable bonds is 2. The highest BCUT2D eigenvalue weighted by molar-refractivity contribution is 6.30. The van der Waals surface area contributed by atoms with Gasteiger partial charge in [-0.15, -0.1) is 0 Å². The fraction of sp³-hybridized carbons (Fsp3) is 0.136. The number of hydrogen-bond acceptors (Lipinski definition) is 2. The first-order valence-electron chi connectivity index (χ1n) is 9.14. The number of benzene rings is 3. The summed E-state index contributed by atoms with van der Waals surface area (Å²) < 4.78 is 42.4. The van der Waals surface area contributed by atoms with E-state index in [1.54, 1.807) is 0 Å². The van der Waals surface area contributed by atoms with Crippen LogP contribution in [0.15, 0.2) is 60.7 Å². The van der Waals surface area contributed by atoms with Crippen LogP contribution in [0.5, 0.6) is 0 Å². The number of nitrogens with one attached hydrogen (secondary N) is 1. The van der Waals surface area contributed by atoms with Gasteiger partial charge in [-0.1, -0.05) is 54.1 Å². The van der Waals surface area contributed by atoms with Crippen LogP contribution < -0.4 is 5.32 Å². The number of nitrogens with zero attached hydrogens (tertiary/aromatic N) is 2. The molecule has 146 valence electrons. The summed E-state index contributed by atoms with van der Waals surface area (Å²) in [5.41, 5.74) is 1.67. The van der Waals surface area contributed by atoms with Crippen LogP contribution in [0.3, 0.4) is 0 Å². The first kappa shape index (κ1) is 18.1. The van der Waals surface area contributed by atoms with Crippen molar-refractivity contribution in [1.82, 2.24) is 9.78 Å². The first-order chi connectivity index (χ1) is 13.9. The molecule has 0 unspecified atom stereocenters. The molecular formula is C22H15ClF3N3. The summed E-state index contributed by atoms with van der Waals surface area (Å²) in [6, 6.07) is 17.6. The van der Waals surface area contributed by atoms with Crippen LogP contribution in [0.4, 0.5) is 19.0 Å². The van der Waals surface area contributed by atoms with Crippen molar-refractivity contribution in [3.8, 4) is 16.9 Å². The van der Waals surface area contributed by atoms with E-state index in [9.17, 15) is 13.2 Å². The lowest BCUT2D eigenvalue weighted by Crippen LogP contribution is -2.13. The van der Waals surface area contributed by atoms with Gasteiger partial charge in [-0.05, 0) is 35.4 Å². The van der Waals surface area contributed by atoms with Gasteiger partial charge in [0.05, 0.1) is 16.9 Å². The summed E-state index contributed by atoms with van der Waals surface area (Å²) in [7, 11) is 0. The van der Waals surface area contributed by atoms with E-state index in [1.165, 1.54) is 16.8 Å². The largest absolute Gasteiger partial charge is 0.418 e. The smallest absolute Gasteiger partial charge is 0.369 e. The van der Waals surface area contributed by atoms with Gasteiger partial charge in [-0.25, -0.2) is 4.68 Å². The van der Waals surface area contributed by atoms with Crippen molar-refractivity contribution in [1.29, 1.82) is 0 Å². The summed E-state index contributed by atoms with van der Waals surface area (Å²) in [6.07, 6.45) is -3.85. The van der Waals surface area contributed by atoms with Gasteiger partial charge in [-0.3, -0.25) is 0 Å². The van der Waals surface area contributed by atoms with E-state index >= 15 is 0 Å². The molecule has 3 nitrogen and oxygen atoms in total. The Kier molecular flexibility index (Phi) is 4.06.